The molecule has 0 radical (unpaired) electrons. The molecule has 110 valence electrons. The summed E-state index contributed by atoms with van der Waals surface area (Å²) in [5.74, 6) is -1.93. The summed E-state index contributed by atoms with van der Waals surface area (Å²) in [6.45, 7) is 0.166. The van der Waals surface area contributed by atoms with Gasteiger partial charge in [0.15, 0.2) is 0 Å². The van der Waals surface area contributed by atoms with Gasteiger partial charge in [0.1, 0.15) is 11.6 Å². The van der Waals surface area contributed by atoms with Crippen molar-refractivity contribution in [2.45, 2.75) is 6.54 Å². The van der Waals surface area contributed by atoms with Crippen molar-refractivity contribution in [3.05, 3.63) is 64.2 Å². The average molecular weight is 312 g/mol. The van der Waals surface area contributed by atoms with Gasteiger partial charge in [-0.05, 0) is 29.8 Å². The first kappa shape index (κ1) is 15.3. The van der Waals surface area contributed by atoms with Crippen LogP contribution in [-0.2, 0) is 11.3 Å². The summed E-state index contributed by atoms with van der Waals surface area (Å²) >= 11 is 5.87. The Labute approximate surface area is 125 Å². The maximum absolute atomic E-state index is 13.7. The number of hydrogen-bond acceptors (Lipinski definition) is 3. The van der Waals surface area contributed by atoms with Crippen LogP contribution in [0, 0.1) is 11.6 Å². The number of nitrogens with one attached hydrogen (secondary N) is 1. The summed E-state index contributed by atoms with van der Waals surface area (Å²) < 4.78 is 31.8. The van der Waals surface area contributed by atoms with E-state index in [1.807, 2.05) is 0 Å². The van der Waals surface area contributed by atoms with Crippen LogP contribution in [0.4, 0.5) is 14.5 Å². The lowest BCUT2D eigenvalue weighted by Gasteiger charge is -2.10. The topological polar surface area (TPSA) is 38.3 Å². The number of carbonyl (C=O) groups excluding carboxylic acids is 1. The first-order valence-electron chi connectivity index (χ1n) is 6.07. The zero-order chi connectivity index (χ0) is 15.4. The van der Waals surface area contributed by atoms with Crippen LogP contribution in [0.1, 0.15) is 15.9 Å². The van der Waals surface area contributed by atoms with Gasteiger partial charge in [0, 0.05) is 6.54 Å². The minimum Gasteiger partial charge on any atom is -0.465 e. The molecule has 0 aliphatic heterocycles. The Bertz CT molecular complexity index is 656. The molecule has 6 heteroatoms. The fourth-order valence-corrected chi connectivity index (χ4v) is 2.03. The zero-order valence-electron chi connectivity index (χ0n) is 11.1. The van der Waals surface area contributed by atoms with E-state index in [-0.39, 0.29) is 22.8 Å². The lowest BCUT2D eigenvalue weighted by atomic mass is 10.1. The van der Waals surface area contributed by atoms with Crippen molar-refractivity contribution in [1.29, 1.82) is 0 Å². The molecule has 0 saturated heterocycles. The van der Waals surface area contributed by atoms with Crippen LogP contribution in [0.25, 0.3) is 0 Å². The molecule has 0 amide bonds. The van der Waals surface area contributed by atoms with Gasteiger partial charge in [0.05, 0.1) is 23.4 Å². The Balaban J connectivity index is 2.14. The quantitative estimate of drug-likeness (QED) is 0.867. The standard InChI is InChI=1S/C15H12ClF2NO2/c1-21-15(20)10-6-5-9(7-13(10)18)8-19-14-11(16)3-2-4-12(14)17/h2-7,19H,8H2,1H3. The monoisotopic (exact) mass is 311 g/mol. The number of anilines is 1. The van der Waals surface area contributed by atoms with Crippen LogP contribution >= 0.6 is 11.6 Å². The lowest BCUT2D eigenvalue weighted by Crippen LogP contribution is -2.07. The molecule has 0 spiro atoms. The first-order valence-corrected chi connectivity index (χ1v) is 6.45. The SMILES string of the molecule is COC(=O)c1ccc(CNc2c(F)cccc2Cl)cc1F. The van der Waals surface area contributed by atoms with E-state index in [1.54, 1.807) is 12.1 Å². The maximum Gasteiger partial charge on any atom is 0.340 e. The van der Waals surface area contributed by atoms with E-state index in [0.717, 1.165) is 0 Å². The van der Waals surface area contributed by atoms with Gasteiger partial charge in [-0.2, -0.15) is 0 Å². The van der Waals surface area contributed by atoms with Crippen molar-refractivity contribution in [2.24, 2.45) is 0 Å². The molecule has 0 aromatic heterocycles. The van der Waals surface area contributed by atoms with Gasteiger partial charge >= 0.3 is 5.97 Å². The number of methoxy groups -OCH3 is 1. The third kappa shape index (κ3) is 3.49. The Morgan fingerprint density at radius 2 is 2.00 bits per heavy atom. The van der Waals surface area contributed by atoms with Crippen LogP contribution in [-0.4, -0.2) is 13.1 Å². The minimum atomic E-state index is -0.746. The fraction of sp³-hybridized carbons (Fsp3) is 0.133. The molecule has 2 aromatic carbocycles. The van der Waals surface area contributed by atoms with Crippen LogP contribution in [0.5, 0.6) is 0 Å². The van der Waals surface area contributed by atoms with E-state index < -0.39 is 17.6 Å². The molecule has 0 fully saturated rings. The number of benzene rings is 2. The second-order valence-electron chi connectivity index (χ2n) is 4.26. The van der Waals surface area contributed by atoms with E-state index in [9.17, 15) is 13.6 Å². The fourth-order valence-electron chi connectivity index (χ4n) is 1.80. The molecule has 0 unspecified atom stereocenters. The average Bonchev–Trinajstić information content (AvgIpc) is 2.46. The van der Waals surface area contributed by atoms with Gasteiger partial charge in [-0.1, -0.05) is 23.7 Å². The summed E-state index contributed by atoms with van der Waals surface area (Å²) in [5.41, 5.74) is 0.543. The molecule has 2 aromatic rings. The molecule has 0 saturated carbocycles. The Morgan fingerprint density at radius 3 is 2.62 bits per heavy atom. The number of ether oxygens (including phenoxy) is 1. The van der Waals surface area contributed by atoms with Crippen molar-refractivity contribution >= 4 is 23.3 Å². The zero-order valence-corrected chi connectivity index (χ0v) is 11.9. The highest BCUT2D eigenvalue weighted by Gasteiger charge is 2.12. The van der Waals surface area contributed by atoms with Crippen molar-refractivity contribution in [3.63, 3.8) is 0 Å². The third-order valence-corrected chi connectivity index (χ3v) is 3.19. The molecular formula is C15H12ClF2NO2. The number of hydrogen-bond donors (Lipinski definition) is 1. The number of halogens is 3. The van der Waals surface area contributed by atoms with Crippen LogP contribution < -0.4 is 5.32 Å². The van der Waals surface area contributed by atoms with Crippen LogP contribution in [0.15, 0.2) is 36.4 Å². The summed E-state index contributed by atoms with van der Waals surface area (Å²) in [6, 6.07) is 8.38. The van der Waals surface area contributed by atoms with Crippen LogP contribution in [0.3, 0.4) is 0 Å². The Kier molecular flexibility index (Phi) is 4.75. The molecule has 3 nitrogen and oxygen atoms in total. The van der Waals surface area contributed by atoms with Crippen molar-refractivity contribution in [3.8, 4) is 0 Å². The van der Waals surface area contributed by atoms with Crippen molar-refractivity contribution in [1.82, 2.24) is 0 Å². The number of carbonyl (C=O) groups is 1. The lowest BCUT2D eigenvalue weighted by molar-refractivity contribution is 0.0595. The van der Waals surface area contributed by atoms with E-state index in [0.29, 0.717) is 5.56 Å². The molecule has 2 rings (SSSR count). The molecule has 0 aliphatic carbocycles. The van der Waals surface area contributed by atoms with Gasteiger partial charge in [-0.15, -0.1) is 0 Å². The molecule has 0 atom stereocenters. The Morgan fingerprint density at radius 1 is 1.24 bits per heavy atom. The van der Waals surface area contributed by atoms with Gasteiger partial charge in [-0.25, -0.2) is 13.6 Å². The predicted molar refractivity (Wildman–Crippen MR) is 76.5 cm³/mol. The maximum atomic E-state index is 13.7. The number of esters is 1. The molecule has 0 aliphatic rings. The molecule has 0 heterocycles. The van der Waals surface area contributed by atoms with Crippen LogP contribution in [0.2, 0.25) is 5.02 Å². The number of rotatable bonds is 4. The smallest absolute Gasteiger partial charge is 0.340 e. The molecule has 0 bridgehead atoms. The summed E-state index contributed by atoms with van der Waals surface area (Å²) in [4.78, 5) is 11.3. The van der Waals surface area contributed by atoms with E-state index >= 15 is 0 Å². The van der Waals surface area contributed by atoms with Crippen molar-refractivity contribution < 1.29 is 18.3 Å². The highest BCUT2D eigenvalue weighted by atomic mass is 35.5. The van der Waals surface area contributed by atoms with E-state index in [1.165, 1.54) is 31.4 Å². The normalized spacial score (nSPS) is 10.3. The van der Waals surface area contributed by atoms with Gasteiger partial charge in [-0.3, -0.25) is 0 Å². The second-order valence-corrected chi connectivity index (χ2v) is 4.66. The van der Waals surface area contributed by atoms with E-state index in [2.05, 4.69) is 10.1 Å². The van der Waals surface area contributed by atoms with Gasteiger partial charge in [0.25, 0.3) is 0 Å². The Hall–Kier alpha value is -2.14. The second kappa shape index (κ2) is 6.54. The first-order chi connectivity index (χ1) is 10.0. The largest absolute Gasteiger partial charge is 0.465 e. The van der Waals surface area contributed by atoms with E-state index in [4.69, 9.17) is 11.6 Å². The highest BCUT2D eigenvalue weighted by molar-refractivity contribution is 6.33. The predicted octanol–water partition coefficient (Wildman–Crippen LogP) is 4.02. The highest BCUT2D eigenvalue weighted by Crippen LogP contribution is 2.25. The third-order valence-electron chi connectivity index (χ3n) is 2.87. The van der Waals surface area contributed by atoms with Gasteiger partial charge < -0.3 is 10.1 Å². The molecule has 1 N–H and O–H groups in total. The number of para-hydroxylation sites is 1. The minimum absolute atomic E-state index is 0.148. The summed E-state index contributed by atoms with van der Waals surface area (Å²) in [7, 11) is 1.18. The van der Waals surface area contributed by atoms with Crippen molar-refractivity contribution in [2.75, 3.05) is 12.4 Å². The van der Waals surface area contributed by atoms with Gasteiger partial charge in [0.2, 0.25) is 0 Å². The molecular weight excluding hydrogens is 300 g/mol. The summed E-state index contributed by atoms with van der Waals surface area (Å²) in [5, 5.41) is 3.04. The summed E-state index contributed by atoms with van der Waals surface area (Å²) in [6.07, 6.45) is 0. The molecule has 21 heavy (non-hydrogen) atoms.